The van der Waals surface area contributed by atoms with Crippen LogP contribution < -0.4 is 10.0 Å². The number of aromatic nitrogens is 1. The highest BCUT2D eigenvalue weighted by atomic mass is 32.2. The van der Waals surface area contributed by atoms with Gasteiger partial charge in [0.25, 0.3) is 0 Å². The molecule has 100 valence electrons. The number of hydrogen-bond acceptors (Lipinski definition) is 6. The Kier molecular flexibility index (Phi) is 3.55. The number of nitrogens with zero attached hydrogens (tertiary/aromatic N) is 1. The van der Waals surface area contributed by atoms with Crippen molar-refractivity contribution >= 4 is 32.5 Å². The molecule has 1 aliphatic heterocycles. The Labute approximate surface area is 108 Å². The number of sulfonamides is 1. The molecule has 0 amide bonds. The van der Waals surface area contributed by atoms with Gasteiger partial charge in [0.05, 0.1) is 5.69 Å². The van der Waals surface area contributed by atoms with Crippen molar-refractivity contribution in [2.45, 2.75) is 25.1 Å². The van der Waals surface area contributed by atoms with Crippen LogP contribution in [0.4, 0.5) is 5.13 Å². The molecule has 1 atom stereocenters. The van der Waals surface area contributed by atoms with Crippen LogP contribution >= 0.6 is 11.3 Å². The summed E-state index contributed by atoms with van der Waals surface area (Å²) in [7, 11) is -3.93. The number of carboxylic acid groups (broad SMARTS) is 1. The van der Waals surface area contributed by atoms with Gasteiger partial charge in [-0.25, -0.2) is 13.4 Å². The highest BCUT2D eigenvalue weighted by molar-refractivity contribution is 7.94. The van der Waals surface area contributed by atoms with Gasteiger partial charge in [-0.2, -0.15) is 0 Å². The number of aliphatic carboxylic acids is 1. The molecule has 0 spiro atoms. The van der Waals surface area contributed by atoms with Crippen LogP contribution in [0.1, 0.15) is 17.5 Å². The maximum atomic E-state index is 11.7. The van der Waals surface area contributed by atoms with Gasteiger partial charge in [0.1, 0.15) is 0 Å². The third-order valence-electron chi connectivity index (χ3n) is 2.65. The van der Waals surface area contributed by atoms with Crippen molar-refractivity contribution in [2.24, 2.45) is 0 Å². The molecule has 2 heterocycles. The van der Waals surface area contributed by atoms with Crippen LogP contribution in [0.5, 0.6) is 0 Å². The minimum absolute atomic E-state index is 0.233. The van der Waals surface area contributed by atoms with Gasteiger partial charge in [0.2, 0.25) is 10.0 Å². The second kappa shape index (κ2) is 4.82. The van der Waals surface area contributed by atoms with Crippen molar-refractivity contribution in [3.63, 3.8) is 0 Å². The van der Waals surface area contributed by atoms with Crippen molar-refractivity contribution in [1.82, 2.24) is 10.3 Å². The number of hydrogen-bond donors (Lipinski definition) is 3. The molecule has 0 aromatic carbocycles. The van der Waals surface area contributed by atoms with E-state index in [0.717, 1.165) is 30.5 Å². The minimum atomic E-state index is -3.93. The second-order valence-electron chi connectivity index (χ2n) is 3.94. The molecule has 1 aliphatic rings. The van der Waals surface area contributed by atoms with Crippen LogP contribution in [0, 0.1) is 0 Å². The summed E-state index contributed by atoms with van der Waals surface area (Å²) in [5, 5.41) is 10.6. The first-order valence-electron chi connectivity index (χ1n) is 5.34. The molecule has 1 aromatic rings. The first-order chi connectivity index (χ1) is 8.40. The molecule has 1 aromatic heterocycles. The van der Waals surface area contributed by atoms with Crippen molar-refractivity contribution in [3.05, 3.63) is 10.6 Å². The van der Waals surface area contributed by atoms with Crippen molar-refractivity contribution in [1.29, 1.82) is 0 Å². The highest BCUT2D eigenvalue weighted by Gasteiger charge is 2.29. The Balaban J connectivity index is 2.19. The quantitative estimate of drug-likeness (QED) is 0.721. The number of nitrogens with one attached hydrogen (secondary N) is 2. The lowest BCUT2D eigenvalue weighted by Gasteiger charge is -2.09. The first kappa shape index (κ1) is 13.2. The molecular weight excluding hydrogens is 278 g/mol. The van der Waals surface area contributed by atoms with Gasteiger partial charge in [-0.15, -0.1) is 0 Å². The van der Waals surface area contributed by atoms with Gasteiger partial charge in [0, 0.05) is 24.4 Å². The van der Waals surface area contributed by atoms with E-state index in [0.29, 0.717) is 6.54 Å². The Morgan fingerprint density at radius 3 is 2.94 bits per heavy atom. The Morgan fingerprint density at radius 1 is 1.61 bits per heavy atom. The predicted octanol–water partition coefficient (Wildman–Crippen LogP) is 0.00360. The SMILES string of the molecule is CC(C(=O)O)S(=O)(=O)Nc1nc2c(s1)CNCC2. The van der Waals surface area contributed by atoms with E-state index in [2.05, 4.69) is 15.0 Å². The van der Waals surface area contributed by atoms with Gasteiger partial charge < -0.3 is 10.4 Å². The average molecular weight is 291 g/mol. The summed E-state index contributed by atoms with van der Waals surface area (Å²) in [5.74, 6) is -1.38. The molecule has 18 heavy (non-hydrogen) atoms. The third kappa shape index (κ3) is 2.62. The monoisotopic (exact) mass is 291 g/mol. The van der Waals surface area contributed by atoms with E-state index in [1.165, 1.54) is 11.3 Å². The molecule has 0 radical (unpaired) electrons. The third-order valence-corrected chi connectivity index (χ3v) is 5.40. The topological polar surface area (TPSA) is 108 Å². The molecular formula is C9H13N3O4S2. The molecule has 9 heteroatoms. The average Bonchev–Trinajstić information content (AvgIpc) is 2.68. The van der Waals surface area contributed by atoms with Crippen molar-refractivity contribution in [3.8, 4) is 0 Å². The van der Waals surface area contributed by atoms with Gasteiger partial charge in [0.15, 0.2) is 10.4 Å². The molecule has 7 nitrogen and oxygen atoms in total. The van der Waals surface area contributed by atoms with E-state index in [4.69, 9.17) is 5.11 Å². The van der Waals surface area contributed by atoms with Gasteiger partial charge in [-0.05, 0) is 6.92 Å². The molecule has 0 saturated heterocycles. The zero-order valence-corrected chi connectivity index (χ0v) is 11.3. The van der Waals surface area contributed by atoms with Gasteiger partial charge >= 0.3 is 5.97 Å². The summed E-state index contributed by atoms with van der Waals surface area (Å²) in [5.41, 5.74) is 0.874. The summed E-state index contributed by atoms with van der Waals surface area (Å²) in [6.07, 6.45) is 0.752. The summed E-state index contributed by atoms with van der Waals surface area (Å²) < 4.78 is 25.7. The van der Waals surface area contributed by atoms with Gasteiger partial charge in [-0.1, -0.05) is 11.3 Å². The van der Waals surface area contributed by atoms with E-state index in [1.54, 1.807) is 0 Å². The fourth-order valence-electron chi connectivity index (χ4n) is 1.51. The van der Waals surface area contributed by atoms with Crippen molar-refractivity contribution < 1.29 is 18.3 Å². The van der Waals surface area contributed by atoms with Gasteiger partial charge in [-0.3, -0.25) is 9.52 Å². The molecule has 3 N–H and O–H groups in total. The number of carboxylic acids is 1. The molecule has 0 aliphatic carbocycles. The minimum Gasteiger partial charge on any atom is -0.480 e. The maximum absolute atomic E-state index is 11.7. The van der Waals surface area contributed by atoms with Crippen LogP contribution in [0.2, 0.25) is 0 Å². The van der Waals surface area contributed by atoms with E-state index in [9.17, 15) is 13.2 Å². The summed E-state index contributed by atoms with van der Waals surface area (Å²) in [6, 6.07) is 0. The first-order valence-corrected chi connectivity index (χ1v) is 7.70. The fraction of sp³-hybridized carbons (Fsp3) is 0.556. The van der Waals surface area contributed by atoms with Crippen LogP contribution in [-0.4, -0.2) is 36.3 Å². The zero-order valence-electron chi connectivity index (χ0n) is 9.63. The number of anilines is 1. The maximum Gasteiger partial charge on any atom is 0.323 e. The summed E-state index contributed by atoms with van der Waals surface area (Å²) in [4.78, 5) is 15.8. The van der Waals surface area contributed by atoms with Crippen LogP contribution in [-0.2, 0) is 27.8 Å². The molecule has 2 rings (SSSR count). The van der Waals surface area contributed by atoms with Crippen LogP contribution in [0.3, 0.4) is 0 Å². The largest absolute Gasteiger partial charge is 0.480 e. The van der Waals surface area contributed by atoms with Crippen molar-refractivity contribution in [2.75, 3.05) is 11.3 Å². The lowest BCUT2D eigenvalue weighted by atomic mass is 10.2. The van der Waals surface area contributed by atoms with E-state index >= 15 is 0 Å². The Hall–Kier alpha value is -1.19. The number of rotatable bonds is 4. The lowest BCUT2D eigenvalue weighted by molar-refractivity contribution is -0.136. The second-order valence-corrected chi connectivity index (χ2v) is 7.03. The summed E-state index contributed by atoms with van der Waals surface area (Å²) >= 11 is 1.23. The standard InChI is InChI=1S/C9H13N3O4S2/c1-5(8(13)14)18(15,16)12-9-11-6-2-3-10-4-7(6)17-9/h5,10H,2-4H2,1H3,(H,11,12)(H,13,14). The number of carbonyl (C=O) groups is 1. The molecule has 0 bridgehead atoms. The molecule has 0 fully saturated rings. The van der Waals surface area contributed by atoms with E-state index in [-0.39, 0.29) is 5.13 Å². The summed E-state index contributed by atoms with van der Waals surface area (Å²) in [6.45, 7) is 2.61. The Morgan fingerprint density at radius 2 is 2.33 bits per heavy atom. The molecule has 1 unspecified atom stereocenters. The smallest absolute Gasteiger partial charge is 0.323 e. The highest BCUT2D eigenvalue weighted by Crippen LogP contribution is 2.26. The molecule has 0 saturated carbocycles. The predicted molar refractivity (Wildman–Crippen MR) is 67.2 cm³/mol. The van der Waals surface area contributed by atoms with E-state index in [1.807, 2.05) is 0 Å². The lowest BCUT2D eigenvalue weighted by Crippen LogP contribution is -2.32. The normalized spacial score (nSPS) is 16.9. The zero-order chi connectivity index (χ0) is 13.3. The van der Waals surface area contributed by atoms with E-state index < -0.39 is 21.2 Å². The fourth-order valence-corrected chi connectivity index (χ4v) is 3.59. The Bertz CT molecular complexity index is 543. The van der Waals surface area contributed by atoms with Crippen LogP contribution in [0.15, 0.2) is 0 Å². The van der Waals surface area contributed by atoms with Crippen LogP contribution in [0.25, 0.3) is 0 Å². The number of thiazole rings is 1. The number of fused-ring (bicyclic) bond motifs is 1.